The van der Waals surface area contributed by atoms with E-state index < -0.39 is 10.0 Å². The van der Waals surface area contributed by atoms with Crippen molar-refractivity contribution in [3.05, 3.63) is 64.8 Å². The molecule has 3 rings (SSSR count). The number of anilines is 4. The van der Waals surface area contributed by atoms with E-state index in [1.54, 1.807) is 48.5 Å². The summed E-state index contributed by atoms with van der Waals surface area (Å²) >= 11 is 3.30. The van der Waals surface area contributed by atoms with Crippen LogP contribution in [0, 0.1) is 6.92 Å². The van der Waals surface area contributed by atoms with Crippen LogP contribution in [0.25, 0.3) is 0 Å². The Kier molecular flexibility index (Phi) is 6.94. The topological polar surface area (TPSA) is 87.2 Å². The van der Waals surface area contributed by atoms with Crippen LogP contribution in [0.4, 0.5) is 23.1 Å². The van der Waals surface area contributed by atoms with Crippen LogP contribution in [0.2, 0.25) is 0 Å². The van der Waals surface area contributed by atoms with E-state index in [4.69, 9.17) is 0 Å². The predicted molar refractivity (Wildman–Crippen MR) is 125 cm³/mol. The monoisotopic (exact) mass is 489 g/mol. The number of hydrogen-bond donors (Lipinski definition) is 2. The number of hydrogen-bond acceptors (Lipinski definition) is 6. The fourth-order valence-electron chi connectivity index (χ4n) is 2.90. The molecule has 0 aliphatic carbocycles. The van der Waals surface area contributed by atoms with Gasteiger partial charge in [0, 0.05) is 40.7 Å². The van der Waals surface area contributed by atoms with Crippen molar-refractivity contribution >= 4 is 49.1 Å². The quantitative estimate of drug-likeness (QED) is 0.465. The Balaban J connectivity index is 1.74. The van der Waals surface area contributed by atoms with Gasteiger partial charge in [0.05, 0.1) is 4.90 Å². The van der Waals surface area contributed by atoms with Crippen molar-refractivity contribution in [2.75, 3.05) is 28.0 Å². The summed E-state index contributed by atoms with van der Waals surface area (Å²) in [5.41, 5.74) is 2.10. The predicted octanol–water partition coefficient (Wildman–Crippen LogP) is 4.94. The smallest absolute Gasteiger partial charge is 0.261 e. The third-order valence-electron chi connectivity index (χ3n) is 4.45. The molecule has 1 heterocycles. The fourth-order valence-corrected chi connectivity index (χ4v) is 4.22. The van der Waals surface area contributed by atoms with E-state index in [1.165, 1.54) is 0 Å². The van der Waals surface area contributed by atoms with Crippen LogP contribution in [0.15, 0.2) is 64.0 Å². The van der Waals surface area contributed by atoms with E-state index in [9.17, 15) is 8.42 Å². The number of aromatic nitrogens is 2. The van der Waals surface area contributed by atoms with Crippen molar-refractivity contribution in [1.82, 2.24) is 9.97 Å². The Morgan fingerprint density at radius 1 is 0.933 bits per heavy atom. The fraction of sp³-hybridized carbons (Fsp3) is 0.238. The maximum Gasteiger partial charge on any atom is 0.261 e. The number of nitrogens with one attached hydrogen (secondary N) is 2. The summed E-state index contributed by atoms with van der Waals surface area (Å²) < 4.78 is 28.4. The number of benzene rings is 2. The molecule has 9 heteroatoms. The molecule has 3 aromatic rings. The summed E-state index contributed by atoms with van der Waals surface area (Å²) in [4.78, 5) is 11.4. The van der Waals surface area contributed by atoms with E-state index in [1.807, 2.05) is 13.0 Å². The number of aryl methyl sites for hydroxylation is 1. The summed E-state index contributed by atoms with van der Waals surface area (Å²) in [6.07, 6.45) is 0. The van der Waals surface area contributed by atoms with E-state index in [0.29, 0.717) is 11.6 Å². The molecule has 0 atom stereocenters. The molecule has 7 nitrogen and oxygen atoms in total. The third-order valence-corrected chi connectivity index (χ3v) is 6.37. The van der Waals surface area contributed by atoms with Gasteiger partial charge in [-0.25, -0.2) is 13.4 Å². The number of halogens is 1. The van der Waals surface area contributed by atoms with Crippen molar-refractivity contribution in [1.29, 1.82) is 0 Å². The van der Waals surface area contributed by atoms with Crippen molar-refractivity contribution < 1.29 is 8.42 Å². The molecular formula is C21H24BrN5O2S. The Morgan fingerprint density at radius 2 is 1.53 bits per heavy atom. The number of nitrogens with zero attached hydrogens (tertiary/aromatic N) is 3. The van der Waals surface area contributed by atoms with Crippen LogP contribution in [0.5, 0.6) is 0 Å². The molecule has 2 N–H and O–H groups in total. The molecule has 0 bridgehead atoms. The molecule has 158 valence electrons. The molecule has 0 aliphatic rings. The normalized spacial score (nSPS) is 11.2. The molecule has 0 saturated carbocycles. The number of rotatable bonds is 8. The largest absolute Gasteiger partial charge is 0.357 e. The molecule has 0 unspecified atom stereocenters. The van der Waals surface area contributed by atoms with Gasteiger partial charge in [-0.3, -0.25) is 4.72 Å². The van der Waals surface area contributed by atoms with E-state index >= 15 is 0 Å². The molecule has 0 radical (unpaired) electrons. The molecule has 0 fully saturated rings. The molecular weight excluding hydrogens is 466 g/mol. The first-order valence-electron chi connectivity index (χ1n) is 9.57. The van der Waals surface area contributed by atoms with Gasteiger partial charge < -0.3 is 10.2 Å². The summed E-state index contributed by atoms with van der Waals surface area (Å²) in [7, 11) is -3.65. The van der Waals surface area contributed by atoms with Gasteiger partial charge >= 0.3 is 0 Å². The van der Waals surface area contributed by atoms with E-state index in [2.05, 4.69) is 54.7 Å². The summed E-state index contributed by atoms with van der Waals surface area (Å²) in [5.74, 6) is 1.37. The average Bonchev–Trinajstić information content (AvgIpc) is 2.70. The SMILES string of the molecule is CCN(CC)c1cc(C)nc(Nc2ccc(NS(=O)(=O)c3ccc(Br)cc3)cc2)n1. The average molecular weight is 490 g/mol. The van der Waals surface area contributed by atoms with Gasteiger partial charge in [0.15, 0.2) is 0 Å². The lowest BCUT2D eigenvalue weighted by Crippen LogP contribution is -2.23. The van der Waals surface area contributed by atoms with E-state index in [-0.39, 0.29) is 4.90 Å². The van der Waals surface area contributed by atoms with Gasteiger partial charge in [-0.05, 0) is 69.3 Å². The minimum Gasteiger partial charge on any atom is -0.357 e. The van der Waals surface area contributed by atoms with Gasteiger partial charge in [0.25, 0.3) is 10.0 Å². The van der Waals surface area contributed by atoms with Gasteiger partial charge in [-0.15, -0.1) is 0 Å². The van der Waals surface area contributed by atoms with Crippen molar-refractivity contribution in [3.8, 4) is 0 Å². The van der Waals surface area contributed by atoms with E-state index in [0.717, 1.165) is 34.8 Å². The van der Waals surface area contributed by atoms with Crippen LogP contribution >= 0.6 is 15.9 Å². The highest BCUT2D eigenvalue weighted by molar-refractivity contribution is 9.10. The van der Waals surface area contributed by atoms with Crippen LogP contribution in [0.1, 0.15) is 19.5 Å². The first-order chi connectivity index (χ1) is 14.3. The lowest BCUT2D eigenvalue weighted by atomic mass is 10.3. The molecule has 30 heavy (non-hydrogen) atoms. The van der Waals surface area contributed by atoms with Crippen LogP contribution < -0.4 is 14.9 Å². The second-order valence-electron chi connectivity index (χ2n) is 6.63. The zero-order valence-electron chi connectivity index (χ0n) is 17.1. The van der Waals surface area contributed by atoms with Gasteiger partial charge in [0.2, 0.25) is 5.95 Å². The zero-order valence-corrected chi connectivity index (χ0v) is 19.5. The molecule has 0 aliphatic heterocycles. The van der Waals surface area contributed by atoms with Gasteiger partial charge in [0.1, 0.15) is 5.82 Å². The highest BCUT2D eigenvalue weighted by atomic mass is 79.9. The minimum absolute atomic E-state index is 0.199. The highest BCUT2D eigenvalue weighted by Crippen LogP contribution is 2.22. The zero-order chi connectivity index (χ0) is 21.7. The summed E-state index contributed by atoms with van der Waals surface area (Å²) in [5, 5.41) is 3.18. The second-order valence-corrected chi connectivity index (χ2v) is 9.22. The second kappa shape index (κ2) is 9.44. The summed E-state index contributed by atoms with van der Waals surface area (Å²) in [6.45, 7) is 7.82. The standard InChI is InChI=1S/C21H24BrN5O2S/c1-4-27(5-2)20-14-15(3)23-21(25-20)24-17-8-10-18(11-9-17)26-30(28,29)19-12-6-16(22)7-13-19/h6-14,26H,4-5H2,1-3H3,(H,23,24,25). The Hall–Kier alpha value is -2.65. The maximum absolute atomic E-state index is 12.5. The minimum atomic E-state index is -3.65. The Morgan fingerprint density at radius 3 is 2.13 bits per heavy atom. The Bertz CT molecular complexity index is 1100. The molecule has 0 amide bonds. The lowest BCUT2D eigenvalue weighted by Gasteiger charge is -2.20. The summed E-state index contributed by atoms with van der Waals surface area (Å²) in [6, 6.07) is 15.4. The van der Waals surface area contributed by atoms with Crippen molar-refractivity contribution in [3.63, 3.8) is 0 Å². The molecule has 0 spiro atoms. The van der Waals surface area contributed by atoms with Crippen LogP contribution in [0.3, 0.4) is 0 Å². The Labute approximate surface area is 185 Å². The maximum atomic E-state index is 12.5. The molecule has 0 saturated heterocycles. The highest BCUT2D eigenvalue weighted by Gasteiger charge is 2.14. The molecule has 1 aromatic heterocycles. The van der Waals surface area contributed by atoms with Gasteiger partial charge in [-0.1, -0.05) is 15.9 Å². The van der Waals surface area contributed by atoms with Crippen molar-refractivity contribution in [2.45, 2.75) is 25.7 Å². The van der Waals surface area contributed by atoms with Crippen LogP contribution in [-0.2, 0) is 10.0 Å². The van der Waals surface area contributed by atoms with Crippen molar-refractivity contribution in [2.24, 2.45) is 0 Å². The van der Waals surface area contributed by atoms with Crippen LogP contribution in [-0.4, -0.2) is 31.5 Å². The first-order valence-corrected chi connectivity index (χ1v) is 11.8. The molecule has 2 aromatic carbocycles. The lowest BCUT2D eigenvalue weighted by molar-refractivity contribution is 0.601. The number of sulfonamides is 1. The first kappa shape index (κ1) is 22.0. The third kappa shape index (κ3) is 5.48. The van der Waals surface area contributed by atoms with Gasteiger partial charge in [-0.2, -0.15) is 4.98 Å².